The fourth-order valence-corrected chi connectivity index (χ4v) is 11.2. The Morgan fingerprint density at radius 3 is 2.50 bits per heavy atom. The minimum Gasteiger partial charge on any atom is -0.484 e. The maximum absolute atomic E-state index is 13.9. The van der Waals surface area contributed by atoms with Gasteiger partial charge < -0.3 is 19.4 Å². The van der Waals surface area contributed by atoms with Gasteiger partial charge in [0.05, 0.1) is 41.3 Å². The summed E-state index contributed by atoms with van der Waals surface area (Å²) in [6.07, 6.45) is -3.97. The third kappa shape index (κ3) is 4.70. The molecule has 3 aromatic rings. The molecule has 0 spiro atoms. The van der Waals surface area contributed by atoms with Crippen LogP contribution in [0.15, 0.2) is 58.4 Å². The SMILES string of the molecule is O=C(COc1cccc([C@H]2c3sc(=O)[nH]c3SC3C4CC(C5C(=O)N(c6cccc(C(F)(F)F)c6)C(=O)C45)C32)c1)N1CCOCC1. The van der Waals surface area contributed by atoms with Crippen LogP contribution in [0.25, 0.3) is 0 Å². The number of morpholine rings is 1. The average molecular weight is 672 g/mol. The molecule has 2 aromatic carbocycles. The summed E-state index contributed by atoms with van der Waals surface area (Å²) < 4.78 is 51.8. The molecule has 2 aliphatic carbocycles. The van der Waals surface area contributed by atoms with Crippen molar-refractivity contribution in [1.82, 2.24) is 9.88 Å². The minimum absolute atomic E-state index is 0.0642. The molecule has 46 heavy (non-hydrogen) atoms. The Hall–Kier alpha value is -3.62. The van der Waals surface area contributed by atoms with Gasteiger partial charge in [-0.25, -0.2) is 0 Å². The number of anilines is 1. The molecular weight excluding hydrogens is 643 g/mol. The van der Waals surface area contributed by atoms with Gasteiger partial charge in [-0.15, -0.1) is 11.8 Å². The average Bonchev–Trinajstić information content (AvgIpc) is 3.78. The molecule has 240 valence electrons. The molecule has 9 nitrogen and oxygen atoms in total. The van der Waals surface area contributed by atoms with E-state index >= 15 is 0 Å². The summed E-state index contributed by atoms with van der Waals surface area (Å²) in [7, 11) is 0. The van der Waals surface area contributed by atoms with Crippen molar-refractivity contribution < 1.29 is 37.0 Å². The van der Waals surface area contributed by atoms with Crippen LogP contribution >= 0.6 is 23.1 Å². The molecule has 2 saturated heterocycles. The molecule has 14 heteroatoms. The molecule has 1 aromatic heterocycles. The molecule has 3 aliphatic heterocycles. The largest absolute Gasteiger partial charge is 0.484 e. The number of hydrogen-bond donors (Lipinski definition) is 1. The topological polar surface area (TPSA) is 109 Å². The van der Waals surface area contributed by atoms with E-state index in [4.69, 9.17) is 9.47 Å². The number of nitrogens with zero attached hydrogens (tertiary/aromatic N) is 2. The van der Waals surface area contributed by atoms with E-state index in [0.29, 0.717) is 38.5 Å². The van der Waals surface area contributed by atoms with Crippen LogP contribution in [0.4, 0.5) is 18.9 Å². The Morgan fingerprint density at radius 2 is 1.74 bits per heavy atom. The quantitative estimate of drug-likeness (QED) is 0.402. The number of alkyl halides is 3. The minimum atomic E-state index is -4.61. The second-order valence-corrected chi connectivity index (χ2v) is 14.6. The van der Waals surface area contributed by atoms with Crippen LogP contribution in [0.3, 0.4) is 0 Å². The van der Waals surface area contributed by atoms with Gasteiger partial charge in [-0.05, 0) is 60.1 Å². The number of carbonyl (C=O) groups excluding carboxylic acids is 3. The smallest absolute Gasteiger partial charge is 0.416 e. The summed E-state index contributed by atoms with van der Waals surface area (Å²) in [5.74, 6) is -2.59. The molecule has 6 unspecified atom stereocenters. The van der Waals surface area contributed by atoms with Gasteiger partial charge in [0.2, 0.25) is 11.8 Å². The maximum Gasteiger partial charge on any atom is 0.416 e. The van der Waals surface area contributed by atoms with Gasteiger partial charge in [-0.2, -0.15) is 13.2 Å². The number of thioether (sulfide) groups is 1. The normalized spacial score (nSPS) is 29.9. The number of halogens is 3. The Kier molecular flexibility index (Phi) is 7.11. The number of benzene rings is 2. The number of rotatable bonds is 5. The molecule has 8 rings (SSSR count). The molecule has 7 atom stereocenters. The molecule has 4 fully saturated rings. The number of amides is 3. The highest BCUT2D eigenvalue weighted by Crippen LogP contribution is 2.68. The number of nitrogens with one attached hydrogen (secondary N) is 1. The maximum atomic E-state index is 13.9. The number of aromatic nitrogens is 1. The van der Waals surface area contributed by atoms with E-state index in [9.17, 15) is 32.3 Å². The third-order valence-electron chi connectivity index (χ3n) is 10.1. The molecule has 3 amide bonds. The van der Waals surface area contributed by atoms with Gasteiger partial charge in [-0.3, -0.25) is 24.1 Å². The lowest BCUT2D eigenvalue weighted by Gasteiger charge is -2.43. The number of hydrogen-bond acceptors (Lipinski definition) is 8. The predicted molar refractivity (Wildman–Crippen MR) is 162 cm³/mol. The van der Waals surface area contributed by atoms with E-state index in [2.05, 4.69) is 4.98 Å². The first-order valence-corrected chi connectivity index (χ1v) is 16.8. The first kappa shape index (κ1) is 29.8. The van der Waals surface area contributed by atoms with Crippen molar-refractivity contribution in [2.24, 2.45) is 29.6 Å². The summed E-state index contributed by atoms with van der Waals surface area (Å²) >= 11 is 2.66. The zero-order valence-electron chi connectivity index (χ0n) is 24.2. The Morgan fingerprint density at radius 1 is 1.00 bits per heavy atom. The van der Waals surface area contributed by atoms with Gasteiger partial charge in [0.1, 0.15) is 5.75 Å². The zero-order valence-corrected chi connectivity index (χ0v) is 25.8. The summed E-state index contributed by atoms with van der Waals surface area (Å²) in [6, 6.07) is 11.8. The summed E-state index contributed by atoms with van der Waals surface area (Å²) in [5.41, 5.74) is -0.110. The van der Waals surface area contributed by atoms with Crippen LogP contribution in [-0.2, 0) is 25.3 Å². The van der Waals surface area contributed by atoms with Gasteiger partial charge in [-0.1, -0.05) is 29.5 Å². The summed E-state index contributed by atoms with van der Waals surface area (Å²) in [4.78, 5) is 59.4. The number of aromatic amines is 1. The Balaban J connectivity index is 1.11. The van der Waals surface area contributed by atoms with Gasteiger partial charge in [0.15, 0.2) is 6.61 Å². The highest BCUT2D eigenvalue weighted by atomic mass is 32.2. The van der Waals surface area contributed by atoms with Crippen LogP contribution in [0, 0.1) is 29.6 Å². The van der Waals surface area contributed by atoms with Gasteiger partial charge in [0.25, 0.3) is 5.91 Å². The van der Waals surface area contributed by atoms with Crippen molar-refractivity contribution >= 4 is 46.5 Å². The van der Waals surface area contributed by atoms with Crippen LogP contribution in [0.5, 0.6) is 5.75 Å². The Bertz CT molecular complexity index is 1800. The van der Waals surface area contributed by atoms with Crippen LogP contribution in [-0.4, -0.2) is 65.8 Å². The fourth-order valence-electron chi connectivity index (χ4n) is 8.31. The Labute approximate surface area is 269 Å². The highest BCUT2D eigenvalue weighted by molar-refractivity contribution is 8.00. The highest BCUT2D eigenvalue weighted by Gasteiger charge is 2.69. The van der Waals surface area contributed by atoms with E-state index in [0.717, 1.165) is 43.8 Å². The van der Waals surface area contributed by atoms with Crippen molar-refractivity contribution in [3.8, 4) is 5.75 Å². The van der Waals surface area contributed by atoms with Gasteiger partial charge >= 0.3 is 11.0 Å². The lowest BCUT2D eigenvalue weighted by Crippen LogP contribution is -2.43. The first-order valence-electron chi connectivity index (χ1n) is 15.1. The lowest BCUT2D eigenvalue weighted by atomic mass is 9.68. The van der Waals surface area contributed by atoms with E-state index in [1.165, 1.54) is 23.9 Å². The van der Waals surface area contributed by atoms with Gasteiger partial charge in [0, 0.05) is 29.1 Å². The molecular formula is C32H28F3N3O6S2. The second kappa shape index (κ2) is 11.0. The lowest BCUT2D eigenvalue weighted by molar-refractivity contribution is -0.138. The number of thiazole rings is 1. The van der Waals surface area contributed by atoms with E-state index in [1.54, 1.807) is 11.0 Å². The van der Waals surface area contributed by atoms with Crippen molar-refractivity contribution in [1.29, 1.82) is 0 Å². The standard InChI is InChI=1S/C32H28F3N3O6S2/c33-32(34,35)16-4-2-5-17(12-16)38-29(40)24-19-13-20(25(24)30(38)41)26-23(19)22(27-28(45-26)36-31(42)46-27)15-3-1-6-18(11-15)44-14-21(39)37-7-9-43-10-8-37/h1-6,11-12,19-20,22-26H,7-10,13-14H2,(H,36,42)/t19?,20?,22-,23?,24?,25?,26?/m1/s1. The second-order valence-electron chi connectivity index (χ2n) is 12.4. The fraction of sp³-hybridized carbons (Fsp3) is 0.438. The zero-order chi connectivity index (χ0) is 31.9. The van der Waals surface area contributed by atoms with E-state index in [1.807, 2.05) is 18.2 Å². The molecule has 2 saturated carbocycles. The number of H-pyrrole nitrogens is 1. The summed E-state index contributed by atoms with van der Waals surface area (Å²) in [5, 5.41) is 0.658. The van der Waals surface area contributed by atoms with Crippen molar-refractivity contribution in [3.05, 3.63) is 74.2 Å². The number of carbonyl (C=O) groups is 3. The molecule has 2 bridgehead atoms. The van der Waals surface area contributed by atoms with Crippen LogP contribution < -0.4 is 14.5 Å². The van der Waals surface area contributed by atoms with Crippen LogP contribution in [0.2, 0.25) is 0 Å². The third-order valence-corrected chi connectivity index (χ3v) is 12.7. The molecule has 1 N–H and O–H groups in total. The number of fused-ring (bicyclic) bond motifs is 9. The number of ether oxygens (including phenoxy) is 2. The van der Waals surface area contributed by atoms with Crippen molar-refractivity contribution in [2.45, 2.75) is 28.8 Å². The first-order chi connectivity index (χ1) is 22.1. The molecule has 0 radical (unpaired) electrons. The summed E-state index contributed by atoms with van der Waals surface area (Å²) in [6.45, 7) is 1.87. The van der Waals surface area contributed by atoms with Crippen LogP contribution in [0.1, 0.15) is 28.3 Å². The van der Waals surface area contributed by atoms with E-state index in [-0.39, 0.29) is 52.0 Å². The molecule has 5 aliphatic rings. The monoisotopic (exact) mass is 671 g/mol. The van der Waals surface area contributed by atoms with Crippen molar-refractivity contribution in [3.63, 3.8) is 0 Å². The van der Waals surface area contributed by atoms with E-state index < -0.39 is 35.4 Å². The van der Waals surface area contributed by atoms with Crippen molar-refractivity contribution in [2.75, 3.05) is 37.8 Å². The number of imide groups is 1. The molecule has 4 heterocycles. The predicted octanol–water partition coefficient (Wildman–Crippen LogP) is 4.37.